The second kappa shape index (κ2) is 6.66. The SMILES string of the molecule is Cc1nnc(CC(=O)N2CCCC(Cn3cnc4ccccc43)C2)o1. The highest BCUT2D eigenvalue weighted by Gasteiger charge is 2.25. The highest BCUT2D eigenvalue weighted by molar-refractivity contribution is 5.78. The predicted octanol–water partition coefficient (Wildman–Crippen LogP) is 2.21. The fourth-order valence-electron chi connectivity index (χ4n) is 3.52. The van der Waals surface area contributed by atoms with Gasteiger partial charge in [0.1, 0.15) is 6.42 Å². The number of amides is 1. The number of para-hydroxylation sites is 2. The molecule has 3 aromatic rings. The number of hydrogen-bond acceptors (Lipinski definition) is 5. The number of fused-ring (bicyclic) bond motifs is 1. The Bertz CT molecular complexity index is 884. The van der Waals surface area contributed by atoms with E-state index in [1.165, 1.54) is 0 Å². The van der Waals surface area contributed by atoms with Crippen molar-refractivity contribution < 1.29 is 9.21 Å². The van der Waals surface area contributed by atoms with Crippen LogP contribution in [0.25, 0.3) is 11.0 Å². The van der Waals surface area contributed by atoms with Gasteiger partial charge < -0.3 is 13.9 Å². The molecule has 25 heavy (non-hydrogen) atoms. The Morgan fingerprint density at radius 3 is 3.04 bits per heavy atom. The van der Waals surface area contributed by atoms with Crippen LogP contribution >= 0.6 is 0 Å². The number of hydrogen-bond donors (Lipinski definition) is 0. The Labute approximate surface area is 145 Å². The summed E-state index contributed by atoms with van der Waals surface area (Å²) in [6.45, 7) is 4.17. The van der Waals surface area contributed by atoms with Crippen LogP contribution in [-0.2, 0) is 17.8 Å². The molecule has 1 amide bonds. The molecule has 1 atom stereocenters. The highest BCUT2D eigenvalue weighted by Crippen LogP contribution is 2.21. The zero-order valence-electron chi connectivity index (χ0n) is 14.3. The third-order valence-corrected chi connectivity index (χ3v) is 4.72. The molecule has 4 rings (SSSR count). The lowest BCUT2D eigenvalue weighted by Gasteiger charge is -2.32. The van der Waals surface area contributed by atoms with Gasteiger partial charge in [0.15, 0.2) is 0 Å². The number of piperidine rings is 1. The second-order valence-corrected chi connectivity index (χ2v) is 6.63. The fourth-order valence-corrected chi connectivity index (χ4v) is 3.52. The van der Waals surface area contributed by atoms with E-state index in [4.69, 9.17) is 4.42 Å². The monoisotopic (exact) mass is 339 g/mol. The molecule has 0 spiro atoms. The van der Waals surface area contributed by atoms with E-state index < -0.39 is 0 Å². The minimum absolute atomic E-state index is 0.0591. The number of aryl methyl sites for hydroxylation is 1. The van der Waals surface area contributed by atoms with Gasteiger partial charge in [-0.1, -0.05) is 12.1 Å². The molecule has 1 aliphatic heterocycles. The first kappa shape index (κ1) is 15.8. The standard InChI is InChI=1S/C18H21N5O2/c1-13-20-21-17(25-13)9-18(24)22-8-4-5-14(10-22)11-23-12-19-15-6-2-3-7-16(15)23/h2-3,6-7,12,14H,4-5,8-11H2,1H3. The van der Waals surface area contributed by atoms with Crippen LogP contribution in [0.3, 0.4) is 0 Å². The third-order valence-electron chi connectivity index (χ3n) is 4.72. The largest absolute Gasteiger partial charge is 0.425 e. The summed E-state index contributed by atoms with van der Waals surface area (Å²) < 4.78 is 7.51. The van der Waals surface area contributed by atoms with Crippen molar-refractivity contribution in [2.75, 3.05) is 13.1 Å². The molecule has 0 radical (unpaired) electrons. The van der Waals surface area contributed by atoms with Crippen molar-refractivity contribution >= 4 is 16.9 Å². The van der Waals surface area contributed by atoms with Crippen molar-refractivity contribution in [1.29, 1.82) is 0 Å². The Hall–Kier alpha value is -2.70. The molecule has 0 N–H and O–H groups in total. The van der Waals surface area contributed by atoms with Gasteiger partial charge >= 0.3 is 0 Å². The number of aromatic nitrogens is 4. The third kappa shape index (κ3) is 3.40. The minimum Gasteiger partial charge on any atom is -0.425 e. The van der Waals surface area contributed by atoms with Gasteiger partial charge in [-0.3, -0.25) is 4.79 Å². The maximum Gasteiger partial charge on any atom is 0.231 e. The average molecular weight is 339 g/mol. The van der Waals surface area contributed by atoms with Crippen LogP contribution in [0.2, 0.25) is 0 Å². The van der Waals surface area contributed by atoms with E-state index in [-0.39, 0.29) is 12.3 Å². The molecule has 0 bridgehead atoms. The van der Waals surface area contributed by atoms with Crippen LogP contribution in [0, 0.1) is 12.8 Å². The zero-order valence-corrected chi connectivity index (χ0v) is 14.3. The predicted molar refractivity (Wildman–Crippen MR) is 91.8 cm³/mol. The van der Waals surface area contributed by atoms with Crippen molar-refractivity contribution in [2.45, 2.75) is 32.7 Å². The molecule has 1 aliphatic rings. The van der Waals surface area contributed by atoms with Crippen LogP contribution in [-0.4, -0.2) is 43.6 Å². The van der Waals surface area contributed by atoms with Gasteiger partial charge in [0.25, 0.3) is 0 Å². The molecule has 3 heterocycles. The van der Waals surface area contributed by atoms with Crippen LogP contribution in [0.5, 0.6) is 0 Å². The van der Waals surface area contributed by atoms with E-state index in [2.05, 4.69) is 25.8 Å². The van der Waals surface area contributed by atoms with E-state index in [1.807, 2.05) is 29.4 Å². The van der Waals surface area contributed by atoms with Crippen LogP contribution in [0.4, 0.5) is 0 Å². The zero-order chi connectivity index (χ0) is 17.2. The Kier molecular flexibility index (Phi) is 4.21. The molecule has 7 nitrogen and oxygen atoms in total. The number of imidazole rings is 1. The smallest absolute Gasteiger partial charge is 0.231 e. The Morgan fingerprint density at radius 1 is 1.32 bits per heavy atom. The van der Waals surface area contributed by atoms with Gasteiger partial charge in [0.2, 0.25) is 17.7 Å². The summed E-state index contributed by atoms with van der Waals surface area (Å²) in [5.41, 5.74) is 2.16. The molecule has 0 aliphatic carbocycles. The molecule has 2 aromatic heterocycles. The number of carbonyl (C=O) groups is 1. The summed E-state index contributed by atoms with van der Waals surface area (Å²) in [4.78, 5) is 18.9. The van der Waals surface area contributed by atoms with E-state index >= 15 is 0 Å². The molecule has 1 aromatic carbocycles. The first-order chi connectivity index (χ1) is 12.2. The summed E-state index contributed by atoms with van der Waals surface area (Å²) in [6, 6.07) is 8.14. The Balaban J connectivity index is 1.41. The molecule has 1 unspecified atom stereocenters. The summed E-state index contributed by atoms with van der Waals surface area (Å²) in [6.07, 6.45) is 4.22. The fraction of sp³-hybridized carbons (Fsp3) is 0.444. The van der Waals surface area contributed by atoms with Crippen molar-refractivity contribution in [3.8, 4) is 0 Å². The summed E-state index contributed by atoms with van der Waals surface area (Å²) in [7, 11) is 0. The lowest BCUT2D eigenvalue weighted by molar-refractivity contribution is -0.132. The quantitative estimate of drug-likeness (QED) is 0.728. The van der Waals surface area contributed by atoms with Gasteiger partial charge in [-0.2, -0.15) is 0 Å². The maximum absolute atomic E-state index is 12.5. The number of nitrogens with zero attached hydrogens (tertiary/aromatic N) is 5. The van der Waals surface area contributed by atoms with Crippen molar-refractivity contribution in [3.05, 3.63) is 42.4 Å². The Morgan fingerprint density at radius 2 is 2.20 bits per heavy atom. The van der Waals surface area contributed by atoms with E-state index in [1.54, 1.807) is 6.92 Å². The topological polar surface area (TPSA) is 77.1 Å². The summed E-state index contributed by atoms with van der Waals surface area (Å²) in [5, 5.41) is 7.70. The lowest BCUT2D eigenvalue weighted by atomic mass is 9.97. The van der Waals surface area contributed by atoms with Gasteiger partial charge in [-0.15, -0.1) is 10.2 Å². The van der Waals surface area contributed by atoms with Crippen LogP contribution < -0.4 is 0 Å². The molecule has 1 fully saturated rings. The highest BCUT2D eigenvalue weighted by atomic mass is 16.4. The van der Waals surface area contributed by atoms with E-state index in [0.29, 0.717) is 17.7 Å². The molecule has 0 saturated carbocycles. The van der Waals surface area contributed by atoms with Gasteiger partial charge in [-0.25, -0.2) is 4.98 Å². The van der Waals surface area contributed by atoms with E-state index in [9.17, 15) is 4.79 Å². The molecule has 7 heteroatoms. The maximum atomic E-state index is 12.5. The van der Waals surface area contributed by atoms with Crippen LogP contribution in [0.15, 0.2) is 35.0 Å². The molecular weight excluding hydrogens is 318 g/mol. The van der Waals surface area contributed by atoms with Gasteiger partial charge in [0.05, 0.1) is 17.4 Å². The van der Waals surface area contributed by atoms with Crippen molar-refractivity contribution in [2.24, 2.45) is 5.92 Å². The first-order valence-electron chi connectivity index (χ1n) is 8.65. The number of benzene rings is 1. The molecular formula is C18H21N5O2. The van der Waals surface area contributed by atoms with Crippen molar-refractivity contribution in [3.63, 3.8) is 0 Å². The molecule has 1 saturated heterocycles. The first-order valence-corrected chi connectivity index (χ1v) is 8.65. The number of carbonyl (C=O) groups excluding carboxylic acids is 1. The van der Waals surface area contributed by atoms with Gasteiger partial charge in [-0.05, 0) is 30.9 Å². The summed E-state index contributed by atoms with van der Waals surface area (Å²) in [5.74, 6) is 1.38. The summed E-state index contributed by atoms with van der Waals surface area (Å²) >= 11 is 0. The van der Waals surface area contributed by atoms with Crippen molar-refractivity contribution in [1.82, 2.24) is 24.6 Å². The average Bonchev–Trinajstić information content (AvgIpc) is 3.22. The van der Waals surface area contributed by atoms with Gasteiger partial charge in [0, 0.05) is 26.6 Å². The molecule has 130 valence electrons. The lowest BCUT2D eigenvalue weighted by Crippen LogP contribution is -2.41. The number of likely N-dealkylation sites (tertiary alicyclic amines) is 1. The number of rotatable bonds is 4. The normalized spacial score (nSPS) is 18.0. The van der Waals surface area contributed by atoms with E-state index in [0.717, 1.165) is 43.5 Å². The minimum atomic E-state index is 0.0591. The second-order valence-electron chi connectivity index (χ2n) is 6.63. The van der Waals surface area contributed by atoms with Crippen LogP contribution in [0.1, 0.15) is 24.6 Å².